The molecule has 1 aromatic heterocycles. The Labute approximate surface area is 154 Å². The number of ketones is 1. The van der Waals surface area contributed by atoms with Crippen molar-refractivity contribution in [3.8, 4) is 16.9 Å². The van der Waals surface area contributed by atoms with Gasteiger partial charge in [0.2, 0.25) is 0 Å². The molecule has 126 valence electrons. The zero-order valence-corrected chi connectivity index (χ0v) is 15.4. The summed E-state index contributed by atoms with van der Waals surface area (Å²) in [6.07, 6.45) is 1.38. The van der Waals surface area contributed by atoms with Gasteiger partial charge in [0.1, 0.15) is 5.82 Å². The molecule has 25 heavy (non-hydrogen) atoms. The summed E-state index contributed by atoms with van der Waals surface area (Å²) in [6, 6.07) is 16.5. The van der Waals surface area contributed by atoms with E-state index in [2.05, 4.69) is 22.9 Å². The largest absolute Gasteiger partial charge is 0.313 e. The maximum atomic E-state index is 13.8. The number of nitrogens with zero attached hydrogens (tertiary/aromatic N) is 1. The van der Waals surface area contributed by atoms with Gasteiger partial charge in [-0.25, -0.2) is 4.39 Å². The van der Waals surface area contributed by atoms with Crippen LogP contribution in [0.3, 0.4) is 0 Å². The first-order valence-electron chi connectivity index (χ1n) is 8.32. The third-order valence-corrected chi connectivity index (χ3v) is 5.21. The molecule has 1 aliphatic carbocycles. The molecule has 0 amide bonds. The lowest BCUT2D eigenvalue weighted by molar-refractivity contribution is 0.0952. The Balaban J connectivity index is 1.99. The summed E-state index contributed by atoms with van der Waals surface area (Å²) in [5.41, 5.74) is 4.42. The van der Waals surface area contributed by atoms with Crippen molar-refractivity contribution in [2.45, 2.75) is 19.8 Å². The van der Waals surface area contributed by atoms with Gasteiger partial charge in [0.25, 0.3) is 0 Å². The summed E-state index contributed by atoms with van der Waals surface area (Å²) >= 11 is 3.45. The average Bonchev–Trinajstić information content (AvgIpc) is 2.95. The van der Waals surface area contributed by atoms with Crippen molar-refractivity contribution in [2.75, 3.05) is 0 Å². The summed E-state index contributed by atoms with van der Waals surface area (Å²) in [4.78, 5) is 12.6. The Morgan fingerprint density at radius 1 is 1.08 bits per heavy atom. The van der Waals surface area contributed by atoms with Gasteiger partial charge in [0.15, 0.2) is 5.78 Å². The third kappa shape index (κ3) is 2.95. The quantitative estimate of drug-likeness (QED) is 0.534. The van der Waals surface area contributed by atoms with Gasteiger partial charge in [-0.3, -0.25) is 4.79 Å². The van der Waals surface area contributed by atoms with Crippen LogP contribution < -0.4 is 0 Å². The van der Waals surface area contributed by atoms with Crippen LogP contribution in [0.25, 0.3) is 16.9 Å². The summed E-state index contributed by atoms with van der Waals surface area (Å²) < 4.78 is 16.9. The molecule has 1 heterocycles. The Kier molecular flexibility index (Phi) is 4.08. The Morgan fingerprint density at radius 2 is 1.84 bits per heavy atom. The fourth-order valence-corrected chi connectivity index (χ4v) is 3.83. The maximum absolute atomic E-state index is 13.8. The number of benzene rings is 2. The van der Waals surface area contributed by atoms with E-state index in [4.69, 9.17) is 0 Å². The predicted octanol–water partition coefficient (Wildman–Crippen LogP) is 5.81. The summed E-state index contributed by atoms with van der Waals surface area (Å²) in [6.45, 7) is 2.09. The summed E-state index contributed by atoms with van der Waals surface area (Å²) in [7, 11) is 0. The summed E-state index contributed by atoms with van der Waals surface area (Å²) in [5.74, 6) is 0.180. The fraction of sp³-hybridized carbons (Fsp3) is 0.190. The molecular formula is C21H17BrFNO. The SMILES string of the molecule is C[C@H]1CC(=O)c2cc(-c3ccc(Br)cc3)n(-c3cccc(F)c3)c2C1. The zero-order chi connectivity index (χ0) is 17.6. The molecule has 1 atom stereocenters. The van der Waals surface area contributed by atoms with Crippen LogP contribution in [-0.4, -0.2) is 10.4 Å². The number of carbonyl (C=O) groups is 1. The first kappa shape index (κ1) is 16.3. The van der Waals surface area contributed by atoms with Crippen LogP contribution in [0, 0.1) is 11.7 Å². The minimum atomic E-state index is -0.281. The molecule has 0 bridgehead atoms. The van der Waals surface area contributed by atoms with Crippen LogP contribution in [-0.2, 0) is 6.42 Å². The van der Waals surface area contributed by atoms with Crippen molar-refractivity contribution in [1.82, 2.24) is 4.57 Å². The smallest absolute Gasteiger partial charge is 0.164 e. The van der Waals surface area contributed by atoms with Crippen molar-refractivity contribution >= 4 is 21.7 Å². The number of rotatable bonds is 2. The number of Topliss-reactive ketones (excluding diaryl/α,β-unsaturated/α-hetero) is 1. The maximum Gasteiger partial charge on any atom is 0.164 e. The molecule has 0 N–H and O–H groups in total. The lowest BCUT2D eigenvalue weighted by Crippen LogP contribution is -2.19. The molecule has 1 aliphatic rings. The van der Waals surface area contributed by atoms with E-state index >= 15 is 0 Å². The third-order valence-electron chi connectivity index (χ3n) is 4.69. The van der Waals surface area contributed by atoms with Crippen molar-refractivity contribution in [2.24, 2.45) is 5.92 Å². The van der Waals surface area contributed by atoms with E-state index in [1.165, 1.54) is 12.1 Å². The van der Waals surface area contributed by atoms with Crippen LogP contribution in [0.1, 0.15) is 29.4 Å². The van der Waals surface area contributed by atoms with Crippen LogP contribution in [0.2, 0.25) is 0 Å². The van der Waals surface area contributed by atoms with E-state index in [9.17, 15) is 9.18 Å². The fourth-order valence-electron chi connectivity index (χ4n) is 3.56. The van der Waals surface area contributed by atoms with Crippen molar-refractivity contribution < 1.29 is 9.18 Å². The van der Waals surface area contributed by atoms with E-state index in [1.54, 1.807) is 6.07 Å². The van der Waals surface area contributed by atoms with Gasteiger partial charge < -0.3 is 4.57 Å². The Bertz CT molecular complexity index is 959. The number of hydrogen-bond donors (Lipinski definition) is 0. The minimum Gasteiger partial charge on any atom is -0.313 e. The highest BCUT2D eigenvalue weighted by Gasteiger charge is 2.28. The number of carbonyl (C=O) groups excluding carboxylic acids is 1. The Hall–Kier alpha value is -2.20. The molecule has 4 rings (SSSR count). The lowest BCUT2D eigenvalue weighted by Gasteiger charge is -2.21. The second-order valence-corrected chi connectivity index (χ2v) is 7.56. The second kappa shape index (κ2) is 6.26. The molecule has 0 spiro atoms. The first-order valence-corrected chi connectivity index (χ1v) is 9.12. The molecule has 0 saturated carbocycles. The number of halogens is 2. The zero-order valence-electron chi connectivity index (χ0n) is 13.8. The average molecular weight is 398 g/mol. The monoisotopic (exact) mass is 397 g/mol. The molecular weight excluding hydrogens is 381 g/mol. The Morgan fingerprint density at radius 3 is 2.56 bits per heavy atom. The minimum absolute atomic E-state index is 0.169. The van der Waals surface area contributed by atoms with E-state index in [-0.39, 0.29) is 11.6 Å². The van der Waals surface area contributed by atoms with Crippen molar-refractivity contribution in [3.05, 3.63) is 76.1 Å². The number of aromatic nitrogens is 1. The van der Waals surface area contributed by atoms with Gasteiger partial charge in [-0.1, -0.05) is 41.1 Å². The highest BCUT2D eigenvalue weighted by molar-refractivity contribution is 9.10. The second-order valence-electron chi connectivity index (χ2n) is 6.65. The molecule has 4 heteroatoms. The lowest BCUT2D eigenvalue weighted by atomic mass is 9.88. The van der Waals surface area contributed by atoms with Crippen LogP contribution in [0.4, 0.5) is 4.39 Å². The van der Waals surface area contributed by atoms with E-state index in [1.807, 2.05) is 41.0 Å². The van der Waals surface area contributed by atoms with Crippen LogP contribution >= 0.6 is 15.9 Å². The molecule has 2 aromatic carbocycles. The topological polar surface area (TPSA) is 22.0 Å². The van der Waals surface area contributed by atoms with Crippen LogP contribution in [0.15, 0.2) is 59.1 Å². The van der Waals surface area contributed by atoms with Gasteiger partial charge in [0.05, 0.1) is 5.69 Å². The molecule has 0 unspecified atom stereocenters. The molecule has 0 radical (unpaired) electrons. The van der Waals surface area contributed by atoms with E-state index < -0.39 is 0 Å². The molecule has 0 aliphatic heterocycles. The van der Waals surface area contributed by atoms with Crippen LogP contribution in [0.5, 0.6) is 0 Å². The standard InChI is InChI=1S/C21H17BrFNO/c1-13-9-20-18(21(25)10-13)12-19(14-5-7-15(22)8-6-14)24(20)17-4-2-3-16(23)11-17/h2-8,11-13H,9-10H2,1H3/t13-/m1/s1. The predicted molar refractivity (Wildman–Crippen MR) is 101 cm³/mol. The van der Waals surface area contributed by atoms with Gasteiger partial charge in [-0.2, -0.15) is 0 Å². The van der Waals surface area contributed by atoms with Gasteiger partial charge >= 0.3 is 0 Å². The first-order chi connectivity index (χ1) is 12.0. The van der Waals surface area contributed by atoms with E-state index in [0.717, 1.165) is 39.1 Å². The van der Waals surface area contributed by atoms with Crippen molar-refractivity contribution in [3.63, 3.8) is 0 Å². The highest BCUT2D eigenvalue weighted by atomic mass is 79.9. The number of fused-ring (bicyclic) bond motifs is 1. The molecule has 2 nitrogen and oxygen atoms in total. The van der Waals surface area contributed by atoms with Gasteiger partial charge in [0, 0.05) is 27.8 Å². The molecule has 3 aromatic rings. The normalized spacial score (nSPS) is 16.8. The van der Waals surface area contributed by atoms with Gasteiger partial charge in [-0.05, 0) is 54.3 Å². The molecule has 0 fully saturated rings. The van der Waals surface area contributed by atoms with Crippen molar-refractivity contribution in [1.29, 1.82) is 0 Å². The molecule has 0 saturated heterocycles. The summed E-state index contributed by atoms with van der Waals surface area (Å²) in [5, 5.41) is 0. The van der Waals surface area contributed by atoms with Gasteiger partial charge in [-0.15, -0.1) is 0 Å². The highest BCUT2D eigenvalue weighted by Crippen LogP contribution is 2.35. The van der Waals surface area contributed by atoms with E-state index in [0.29, 0.717) is 12.3 Å². The number of hydrogen-bond acceptors (Lipinski definition) is 1.